The lowest BCUT2D eigenvalue weighted by molar-refractivity contribution is -0.210. The zero-order valence-corrected chi connectivity index (χ0v) is 16.0. The van der Waals surface area contributed by atoms with E-state index in [0.717, 1.165) is 11.1 Å². The first-order valence-electron chi connectivity index (χ1n) is 9.01. The Bertz CT molecular complexity index is 1130. The molecule has 0 bridgehead atoms. The standard InChI is InChI=1S/C20H19N7O2/c1-10-17-16(26-20(21)23-10)9-15(24-18(17)28)12-6-4-3-5-11(12)13-7-8-14(27-22)19(25-13)29-2/h3-8,15,22H,9H2,1-2H3,(H,24,28)(H2,21,23,26)/p+1/t15-/m1/s1. The van der Waals surface area contributed by atoms with Gasteiger partial charge in [-0.05, 0) is 29.7 Å². The van der Waals surface area contributed by atoms with Crippen LogP contribution in [0.15, 0.2) is 41.5 Å². The monoisotopic (exact) mass is 390 g/mol. The number of nitrogens with two attached hydrogens (primary N) is 2. The predicted octanol–water partition coefficient (Wildman–Crippen LogP) is 1.31. The SMILES string of the molecule is COc1nc(-c2ccccc2[C@H]2Cc3nc(N)nc(C)c3C(=O)N2)ccc1N=[NH2+]. The molecular weight excluding hydrogens is 370 g/mol. The summed E-state index contributed by atoms with van der Waals surface area (Å²) in [4.78, 5) is 25.7. The summed E-state index contributed by atoms with van der Waals surface area (Å²) in [6.07, 6.45) is 0.499. The molecule has 1 aromatic carbocycles. The Morgan fingerprint density at radius 2 is 2.00 bits per heavy atom. The van der Waals surface area contributed by atoms with Crippen molar-refractivity contribution in [1.82, 2.24) is 20.3 Å². The fourth-order valence-electron chi connectivity index (χ4n) is 3.63. The van der Waals surface area contributed by atoms with Gasteiger partial charge in [-0.3, -0.25) is 4.79 Å². The number of pyridine rings is 1. The number of nitrogens with one attached hydrogen (secondary N) is 1. The van der Waals surface area contributed by atoms with Crippen molar-refractivity contribution in [2.45, 2.75) is 19.4 Å². The van der Waals surface area contributed by atoms with Crippen molar-refractivity contribution in [2.24, 2.45) is 5.11 Å². The van der Waals surface area contributed by atoms with E-state index in [9.17, 15) is 4.79 Å². The van der Waals surface area contributed by atoms with Crippen LogP contribution in [0.3, 0.4) is 0 Å². The molecule has 0 spiro atoms. The molecule has 2 aromatic heterocycles. The van der Waals surface area contributed by atoms with E-state index in [1.807, 2.05) is 30.3 Å². The average molecular weight is 390 g/mol. The van der Waals surface area contributed by atoms with E-state index in [1.165, 1.54) is 7.11 Å². The van der Waals surface area contributed by atoms with E-state index in [2.05, 4.69) is 25.4 Å². The summed E-state index contributed by atoms with van der Waals surface area (Å²) in [5.41, 5.74) is 15.8. The third kappa shape index (κ3) is 3.27. The molecule has 5 N–H and O–H groups in total. The van der Waals surface area contributed by atoms with Gasteiger partial charge in [0.15, 0.2) is 5.69 Å². The van der Waals surface area contributed by atoms with Gasteiger partial charge >= 0.3 is 0 Å². The molecule has 146 valence electrons. The summed E-state index contributed by atoms with van der Waals surface area (Å²) < 4.78 is 5.29. The smallest absolute Gasteiger partial charge is 0.255 e. The van der Waals surface area contributed by atoms with Gasteiger partial charge in [0.1, 0.15) is 0 Å². The van der Waals surface area contributed by atoms with Crippen LogP contribution in [-0.2, 0) is 6.42 Å². The number of benzene rings is 1. The topological polar surface area (TPSA) is 141 Å². The summed E-state index contributed by atoms with van der Waals surface area (Å²) in [7, 11) is 1.51. The first-order chi connectivity index (χ1) is 14.0. The van der Waals surface area contributed by atoms with Crippen LogP contribution in [-0.4, -0.2) is 28.0 Å². The summed E-state index contributed by atoms with van der Waals surface area (Å²) in [5.74, 6) is 0.274. The Kier molecular flexibility index (Phi) is 4.63. The van der Waals surface area contributed by atoms with Crippen LogP contribution in [0.1, 0.15) is 33.4 Å². The number of aryl methyl sites for hydroxylation is 1. The second kappa shape index (κ2) is 7.27. The van der Waals surface area contributed by atoms with Crippen LogP contribution in [0, 0.1) is 6.92 Å². The highest BCUT2D eigenvalue weighted by molar-refractivity contribution is 5.98. The molecular formula is C20H20N7O2+. The zero-order valence-electron chi connectivity index (χ0n) is 16.0. The number of nitrogen functional groups attached to an aromatic ring is 1. The third-order valence-corrected chi connectivity index (χ3v) is 4.90. The highest BCUT2D eigenvalue weighted by Crippen LogP contribution is 2.35. The van der Waals surface area contributed by atoms with Crippen molar-refractivity contribution in [1.29, 1.82) is 0 Å². The Morgan fingerprint density at radius 1 is 1.21 bits per heavy atom. The number of rotatable bonds is 4. The van der Waals surface area contributed by atoms with E-state index in [-0.39, 0.29) is 17.9 Å². The highest BCUT2D eigenvalue weighted by atomic mass is 16.5. The molecule has 0 saturated heterocycles. The number of hydrogen-bond donors (Lipinski definition) is 3. The van der Waals surface area contributed by atoms with Gasteiger partial charge in [-0.2, -0.15) is 5.53 Å². The van der Waals surface area contributed by atoms with Crippen LogP contribution in [0.4, 0.5) is 11.6 Å². The number of methoxy groups -OCH3 is 1. The summed E-state index contributed by atoms with van der Waals surface area (Å²) in [5, 5.41) is 6.72. The molecule has 0 unspecified atom stereocenters. The molecule has 3 aromatic rings. The highest BCUT2D eigenvalue weighted by Gasteiger charge is 2.30. The molecule has 1 aliphatic heterocycles. The van der Waals surface area contributed by atoms with Gasteiger partial charge in [-0.15, -0.1) is 0 Å². The minimum absolute atomic E-state index is 0.163. The largest absolute Gasteiger partial charge is 0.479 e. The van der Waals surface area contributed by atoms with Crippen LogP contribution < -0.4 is 21.3 Å². The van der Waals surface area contributed by atoms with Gasteiger partial charge in [-0.25, -0.2) is 15.0 Å². The second-order valence-electron chi connectivity index (χ2n) is 6.66. The lowest BCUT2D eigenvalue weighted by atomic mass is 9.90. The van der Waals surface area contributed by atoms with Gasteiger partial charge in [-0.1, -0.05) is 24.3 Å². The average Bonchev–Trinajstić information content (AvgIpc) is 2.72. The molecule has 0 aliphatic carbocycles. The molecule has 1 atom stereocenters. The van der Waals surface area contributed by atoms with Crippen LogP contribution in [0.5, 0.6) is 5.88 Å². The quantitative estimate of drug-likeness (QED) is 0.574. The Balaban J connectivity index is 1.78. The van der Waals surface area contributed by atoms with E-state index in [4.69, 9.17) is 16.0 Å². The molecule has 9 heteroatoms. The maximum absolute atomic E-state index is 12.7. The van der Waals surface area contributed by atoms with Gasteiger partial charge in [0, 0.05) is 12.0 Å². The van der Waals surface area contributed by atoms with E-state index in [0.29, 0.717) is 40.6 Å². The summed E-state index contributed by atoms with van der Waals surface area (Å²) >= 11 is 0. The Labute approximate surface area is 166 Å². The van der Waals surface area contributed by atoms with Crippen LogP contribution in [0.25, 0.3) is 11.3 Å². The number of amides is 1. The van der Waals surface area contributed by atoms with Crippen molar-refractivity contribution in [2.75, 3.05) is 12.8 Å². The maximum atomic E-state index is 12.7. The molecule has 29 heavy (non-hydrogen) atoms. The molecule has 0 fully saturated rings. The molecule has 1 aliphatic rings. The first kappa shape index (κ1) is 18.5. The van der Waals surface area contributed by atoms with Crippen molar-refractivity contribution < 1.29 is 15.1 Å². The first-order valence-corrected chi connectivity index (χ1v) is 9.01. The van der Waals surface area contributed by atoms with Crippen LogP contribution in [0.2, 0.25) is 0 Å². The van der Waals surface area contributed by atoms with E-state index in [1.54, 1.807) is 13.0 Å². The normalized spacial score (nSPS) is 15.4. The molecule has 4 rings (SSSR count). The van der Waals surface area contributed by atoms with Gasteiger partial charge in [0.25, 0.3) is 5.91 Å². The van der Waals surface area contributed by atoms with Crippen LogP contribution >= 0.6 is 0 Å². The number of aromatic nitrogens is 3. The van der Waals surface area contributed by atoms with Crippen molar-refractivity contribution in [3.63, 3.8) is 0 Å². The molecule has 1 amide bonds. The fourth-order valence-corrected chi connectivity index (χ4v) is 3.63. The maximum Gasteiger partial charge on any atom is 0.255 e. The zero-order chi connectivity index (χ0) is 20.5. The second-order valence-corrected chi connectivity index (χ2v) is 6.66. The molecule has 9 nitrogen and oxygen atoms in total. The number of nitrogens with zero attached hydrogens (tertiary/aromatic N) is 4. The minimum atomic E-state index is -0.286. The van der Waals surface area contributed by atoms with Crippen molar-refractivity contribution in [3.8, 4) is 17.1 Å². The number of carbonyl (C=O) groups is 1. The van der Waals surface area contributed by atoms with Crippen molar-refractivity contribution >= 4 is 17.5 Å². The number of hydrogen-bond acceptors (Lipinski definition) is 7. The minimum Gasteiger partial charge on any atom is -0.479 e. The predicted molar refractivity (Wildman–Crippen MR) is 105 cm³/mol. The summed E-state index contributed by atoms with van der Waals surface area (Å²) in [6, 6.07) is 11.0. The fraction of sp³-hybridized carbons (Fsp3) is 0.200. The number of carbonyl (C=O) groups excluding carboxylic acids is 1. The number of anilines is 1. The van der Waals surface area contributed by atoms with E-state index < -0.39 is 0 Å². The van der Waals surface area contributed by atoms with Gasteiger partial charge in [0.05, 0.1) is 35.8 Å². The Hall–Kier alpha value is -3.88. The third-order valence-electron chi connectivity index (χ3n) is 4.90. The lowest BCUT2D eigenvalue weighted by Gasteiger charge is -2.27. The molecule has 3 heterocycles. The molecule has 0 saturated carbocycles. The number of ether oxygens (including phenoxy) is 1. The molecule has 0 radical (unpaired) electrons. The van der Waals surface area contributed by atoms with Crippen molar-refractivity contribution in [3.05, 3.63) is 58.9 Å². The van der Waals surface area contributed by atoms with Gasteiger partial charge in [0.2, 0.25) is 11.8 Å². The lowest BCUT2D eigenvalue weighted by Crippen LogP contribution is -2.37. The van der Waals surface area contributed by atoms with E-state index >= 15 is 0 Å². The Morgan fingerprint density at radius 3 is 2.76 bits per heavy atom. The number of fused-ring (bicyclic) bond motifs is 1. The summed E-state index contributed by atoms with van der Waals surface area (Å²) in [6.45, 7) is 1.75. The van der Waals surface area contributed by atoms with Gasteiger partial charge < -0.3 is 15.8 Å².